The van der Waals surface area contributed by atoms with Gasteiger partial charge in [0.2, 0.25) is 0 Å². The van der Waals surface area contributed by atoms with Crippen molar-refractivity contribution < 1.29 is 0 Å². The number of hydrogen-bond acceptors (Lipinski definition) is 4. The van der Waals surface area contributed by atoms with E-state index in [9.17, 15) is 0 Å². The normalized spacial score (nSPS) is 20.4. The number of nitrogens with two attached hydrogens (primary N) is 1. The average Bonchev–Trinajstić information content (AvgIpc) is 2.74. The van der Waals surface area contributed by atoms with Crippen LogP contribution in [0.3, 0.4) is 0 Å². The van der Waals surface area contributed by atoms with Gasteiger partial charge in [-0.15, -0.1) is 0 Å². The molecule has 1 fully saturated rings. The first kappa shape index (κ1) is 13.7. The molecule has 5 heteroatoms. The second-order valence-electron chi connectivity index (χ2n) is 5.27. The Morgan fingerprint density at radius 2 is 2.22 bits per heavy atom. The van der Waals surface area contributed by atoms with Crippen molar-refractivity contribution in [3.05, 3.63) is 10.6 Å². The smallest absolute Gasteiger partial charge is 0.186 e. The lowest BCUT2D eigenvalue weighted by Crippen LogP contribution is -2.37. The molecule has 1 aliphatic rings. The molecule has 2 rings (SSSR count). The molecule has 0 radical (unpaired) electrons. The lowest BCUT2D eigenvalue weighted by Gasteiger charge is -2.33. The van der Waals surface area contributed by atoms with Crippen molar-refractivity contribution in [1.82, 2.24) is 4.98 Å². The van der Waals surface area contributed by atoms with Crippen molar-refractivity contribution in [2.75, 3.05) is 11.4 Å². The molecule has 100 valence electrons. The van der Waals surface area contributed by atoms with E-state index in [1.807, 2.05) is 0 Å². The topological polar surface area (TPSA) is 42.2 Å². The zero-order chi connectivity index (χ0) is 13.3. The quantitative estimate of drug-likeness (QED) is 0.865. The molecule has 1 saturated heterocycles. The Balaban J connectivity index is 2.33. The Kier molecular flexibility index (Phi) is 4.22. The Morgan fingerprint density at radius 3 is 2.72 bits per heavy atom. The van der Waals surface area contributed by atoms with Crippen molar-refractivity contribution in [3.8, 4) is 0 Å². The van der Waals surface area contributed by atoms with Gasteiger partial charge < -0.3 is 10.6 Å². The predicted molar refractivity (Wildman–Crippen MR) is 82.7 cm³/mol. The van der Waals surface area contributed by atoms with Crippen LogP contribution in [0.25, 0.3) is 0 Å². The van der Waals surface area contributed by atoms with E-state index in [1.165, 1.54) is 19.3 Å². The molecule has 3 nitrogen and oxygen atoms in total. The third-order valence-corrected chi connectivity index (χ3v) is 4.94. The van der Waals surface area contributed by atoms with E-state index in [-0.39, 0.29) is 0 Å². The summed E-state index contributed by atoms with van der Waals surface area (Å²) in [6, 6.07) is 0.573. The van der Waals surface area contributed by atoms with Gasteiger partial charge >= 0.3 is 0 Å². The maximum Gasteiger partial charge on any atom is 0.186 e. The van der Waals surface area contributed by atoms with Crippen molar-refractivity contribution in [2.45, 2.75) is 52.0 Å². The van der Waals surface area contributed by atoms with Gasteiger partial charge in [-0.1, -0.05) is 37.4 Å². The Morgan fingerprint density at radius 1 is 1.50 bits per heavy atom. The summed E-state index contributed by atoms with van der Waals surface area (Å²) in [6.07, 6.45) is 3.82. The molecule has 2 N–H and O–H groups in total. The third kappa shape index (κ3) is 2.67. The van der Waals surface area contributed by atoms with Crippen molar-refractivity contribution in [3.63, 3.8) is 0 Å². The fourth-order valence-corrected chi connectivity index (χ4v) is 3.82. The summed E-state index contributed by atoms with van der Waals surface area (Å²) in [5, 5.41) is 1.09. The van der Waals surface area contributed by atoms with Crippen LogP contribution >= 0.6 is 23.6 Å². The molecule has 1 aliphatic heterocycles. The van der Waals surface area contributed by atoms with Gasteiger partial charge in [-0.3, -0.25) is 0 Å². The summed E-state index contributed by atoms with van der Waals surface area (Å²) in [7, 11) is 0. The number of thiocarbonyl (C=S) groups is 1. The Labute approximate surface area is 118 Å². The molecule has 1 aromatic heterocycles. The van der Waals surface area contributed by atoms with E-state index in [0.29, 0.717) is 16.9 Å². The van der Waals surface area contributed by atoms with Crippen LogP contribution in [0, 0.1) is 0 Å². The highest BCUT2D eigenvalue weighted by atomic mass is 32.1. The summed E-state index contributed by atoms with van der Waals surface area (Å²) in [6.45, 7) is 7.65. The number of thiazole rings is 1. The number of piperidine rings is 1. The summed E-state index contributed by atoms with van der Waals surface area (Å²) in [5.41, 5.74) is 6.87. The standard InChI is InChI=1S/C13H21N3S2/c1-8(2)10-11(12(14)17)18-13(15-10)16-7-5-4-6-9(16)3/h8-9H,4-7H2,1-3H3,(H2,14,17). The molecule has 1 unspecified atom stereocenters. The average molecular weight is 283 g/mol. The highest BCUT2D eigenvalue weighted by molar-refractivity contribution is 7.81. The fraction of sp³-hybridized carbons (Fsp3) is 0.692. The second kappa shape index (κ2) is 5.53. The van der Waals surface area contributed by atoms with Crippen molar-refractivity contribution in [2.24, 2.45) is 5.73 Å². The molecule has 2 heterocycles. The van der Waals surface area contributed by atoms with Crippen LogP contribution in [0.5, 0.6) is 0 Å². The van der Waals surface area contributed by atoms with Gasteiger partial charge in [-0.05, 0) is 32.1 Å². The van der Waals surface area contributed by atoms with Crippen molar-refractivity contribution in [1.29, 1.82) is 0 Å². The molecule has 0 aliphatic carbocycles. The van der Waals surface area contributed by atoms with Gasteiger partial charge in [0.15, 0.2) is 5.13 Å². The lowest BCUT2D eigenvalue weighted by atomic mass is 10.0. The van der Waals surface area contributed by atoms with Gasteiger partial charge in [0.25, 0.3) is 0 Å². The first-order valence-corrected chi connectivity index (χ1v) is 7.80. The first-order chi connectivity index (χ1) is 8.50. The Hall–Kier alpha value is -0.680. The van der Waals surface area contributed by atoms with Crippen LogP contribution < -0.4 is 10.6 Å². The van der Waals surface area contributed by atoms with Gasteiger partial charge in [0, 0.05) is 12.6 Å². The molecule has 0 aromatic carbocycles. The largest absolute Gasteiger partial charge is 0.389 e. The number of rotatable bonds is 3. The third-order valence-electron chi connectivity index (χ3n) is 3.46. The zero-order valence-electron chi connectivity index (χ0n) is 11.3. The van der Waals surface area contributed by atoms with E-state index in [4.69, 9.17) is 22.9 Å². The molecule has 0 saturated carbocycles. The maximum atomic E-state index is 5.81. The van der Waals surface area contributed by atoms with Gasteiger partial charge in [-0.2, -0.15) is 0 Å². The first-order valence-electron chi connectivity index (χ1n) is 6.58. The molecule has 1 aromatic rings. The van der Waals surface area contributed by atoms with Gasteiger partial charge in [-0.25, -0.2) is 4.98 Å². The van der Waals surface area contributed by atoms with Gasteiger partial charge in [0.1, 0.15) is 4.99 Å². The molecule has 0 amide bonds. The van der Waals surface area contributed by atoms with Crippen LogP contribution in [0.1, 0.15) is 56.5 Å². The van der Waals surface area contributed by atoms with E-state index >= 15 is 0 Å². The molecule has 0 spiro atoms. The number of aromatic nitrogens is 1. The highest BCUT2D eigenvalue weighted by Crippen LogP contribution is 2.33. The molecular weight excluding hydrogens is 262 g/mol. The van der Waals surface area contributed by atoms with Crippen molar-refractivity contribution >= 4 is 33.7 Å². The molecule has 18 heavy (non-hydrogen) atoms. The van der Waals surface area contributed by atoms with Crippen LogP contribution in [-0.4, -0.2) is 22.6 Å². The minimum atomic E-state index is 0.367. The zero-order valence-corrected chi connectivity index (χ0v) is 12.9. The minimum Gasteiger partial charge on any atom is -0.389 e. The Bertz CT molecular complexity index is 439. The summed E-state index contributed by atoms with van der Waals surface area (Å²) in [5.74, 6) is 0.367. The van der Waals surface area contributed by atoms with E-state index in [1.54, 1.807) is 11.3 Å². The maximum absolute atomic E-state index is 5.81. The summed E-state index contributed by atoms with van der Waals surface area (Å²) in [4.78, 5) is 8.66. The number of hydrogen-bond donors (Lipinski definition) is 1. The molecule has 1 atom stereocenters. The van der Waals surface area contributed by atoms with E-state index in [0.717, 1.165) is 22.2 Å². The van der Waals surface area contributed by atoms with Crippen LogP contribution in [0.4, 0.5) is 5.13 Å². The van der Waals surface area contributed by atoms with Gasteiger partial charge in [0.05, 0.1) is 10.6 Å². The highest BCUT2D eigenvalue weighted by Gasteiger charge is 2.24. The van der Waals surface area contributed by atoms with Crippen LogP contribution in [0.2, 0.25) is 0 Å². The van der Waals surface area contributed by atoms with Crippen LogP contribution in [-0.2, 0) is 0 Å². The lowest BCUT2D eigenvalue weighted by molar-refractivity contribution is 0.483. The summed E-state index contributed by atoms with van der Waals surface area (Å²) >= 11 is 6.80. The molecule has 0 bridgehead atoms. The summed E-state index contributed by atoms with van der Waals surface area (Å²) < 4.78 is 0. The van der Waals surface area contributed by atoms with Crippen LogP contribution in [0.15, 0.2) is 0 Å². The SMILES string of the molecule is CC(C)c1nc(N2CCCCC2C)sc1C(N)=S. The molecular formula is C13H21N3S2. The second-order valence-corrected chi connectivity index (χ2v) is 6.69. The predicted octanol–water partition coefficient (Wildman–Crippen LogP) is 3.28. The van der Waals surface area contributed by atoms with E-state index in [2.05, 4.69) is 25.7 Å². The minimum absolute atomic E-state index is 0.367. The fourth-order valence-electron chi connectivity index (χ4n) is 2.39. The monoisotopic (exact) mass is 283 g/mol. The number of anilines is 1. The number of nitrogens with zero attached hydrogens (tertiary/aromatic N) is 2. The van der Waals surface area contributed by atoms with E-state index < -0.39 is 0 Å².